The van der Waals surface area contributed by atoms with E-state index in [9.17, 15) is 14.4 Å². The lowest BCUT2D eigenvalue weighted by Crippen LogP contribution is -2.41. The average molecular weight is 397 g/mol. The van der Waals surface area contributed by atoms with Gasteiger partial charge in [-0.15, -0.1) is 0 Å². The van der Waals surface area contributed by atoms with Crippen LogP contribution in [0, 0.1) is 0 Å². The van der Waals surface area contributed by atoms with E-state index in [4.69, 9.17) is 4.42 Å². The quantitative estimate of drug-likeness (QED) is 0.660. The molecule has 3 aromatic rings. The van der Waals surface area contributed by atoms with E-state index in [2.05, 4.69) is 5.10 Å². The van der Waals surface area contributed by atoms with Gasteiger partial charge in [0.1, 0.15) is 12.4 Å². The summed E-state index contributed by atoms with van der Waals surface area (Å²) in [6.07, 6.45) is 3.58. The maximum atomic E-state index is 12.8. The Kier molecular flexibility index (Phi) is 4.18. The van der Waals surface area contributed by atoms with Crippen LogP contribution in [0.1, 0.15) is 43.5 Å². The highest BCUT2D eigenvalue weighted by Crippen LogP contribution is 2.37. The van der Waals surface area contributed by atoms with Gasteiger partial charge in [0.2, 0.25) is 5.91 Å². The first-order chi connectivity index (χ1) is 14.0. The first-order valence-electron chi connectivity index (χ1n) is 10.0. The molecule has 1 saturated carbocycles. The van der Waals surface area contributed by atoms with Gasteiger partial charge in [-0.25, -0.2) is 14.3 Å². The van der Waals surface area contributed by atoms with Crippen molar-refractivity contribution in [1.82, 2.24) is 23.8 Å². The number of aryl methyl sites for hydroxylation is 1. The molecule has 2 aliphatic rings. The third-order valence-corrected chi connectivity index (χ3v) is 5.97. The number of amides is 1. The van der Waals surface area contributed by atoms with Crippen LogP contribution in [-0.2, 0) is 18.4 Å². The molecule has 0 radical (unpaired) electrons. The normalized spacial score (nSPS) is 17.9. The van der Waals surface area contributed by atoms with Crippen molar-refractivity contribution in [2.75, 3.05) is 13.1 Å². The average Bonchev–Trinajstić information content (AvgIpc) is 3.45. The van der Waals surface area contributed by atoms with Crippen LogP contribution >= 0.6 is 0 Å². The molecule has 2 aromatic heterocycles. The fraction of sp³-hybridized carbons (Fsp3) is 0.500. The fourth-order valence-corrected chi connectivity index (χ4v) is 4.24. The van der Waals surface area contributed by atoms with Crippen molar-refractivity contribution < 1.29 is 9.21 Å². The van der Waals surface area contributed by atoms with Crippen molar-refractivity contribution in [1.29, 1.82) is 0 Å². The molecule has 0 unspecified atom stereocenters. The summed E-state index contributed by atoms with van der Waals surface area (Å²) in [5.74, 6) is 0.407. The van der Waals surface area contributed by atoms with E-state index in [1.165, 1.54) is 9.25 Å². The molecule has 1 amide bonds. The predicted molar refractivity (Wildman–Crippen MR) is 105 cm³/mol. The molecule has 2 fully saturated rings. The van der Waals surface area contributed by atoms with E-state index in [-0.39, 0.29) is 30.1 Å². The Bertz CT molecular complexity index is 1190. The monoisotopic (exact) mass is 397 g/mol. The lowest BCUT2D eigenvalue weighted by molar-refractivity contribution is -0.132. The Labute approximate surface area is 166 Å². The van der Waals surface area contributed by atoms with Crippen LogP contribution < -0.4 is 11.4 Å². The Hall–Kier alpha value is -3.10. The van der Waals surface area contributed by atoms with Crippen LogP contribution in [0.5, 0.6) is 0 Å². The summed E-state index contributed by atoms with van der Waals surface area (Å²) in [5.41, 5.74) is 1.06. The maximum Gasteiger partial charge on any atom is 0.420 e. The van der Waals surface area contributed by atoms with Crippen molar-refractivity contribution in [3.8, 4) is 0 Å². The number of benzene rings is 1. The molecule has 152 valence electrons. The molecule has 1 saturated heterocycles. The van der Waals surface area contributed by atoms with Gasteiger partial charge in [0.25, 0.3) is 0 Å². The van der Waals surface area contributed by atoms with Crippen LogP contribution in [0.4, 0.5) is 0 Å². The van der Waals surface area contributed by atoms with Crippen molar-refractivity contribution in [2.24, 2.45) is 7.05 Å². The number of hydrogen-bond donors (Lipinski definition) is 0. The number of hydrogen-bond acceptors (Lipinski definition) is 5. The van der Waals surface area contributed by atoms with E-state index in [0.29, 0.717) is 24.2 Å². The SMILES string of the molecule is Cn1nc(C2CCN(C(=O)Cn3c(=O)oc4ccccc43)CC2)n(C2CC2)c1=O. The maximum absolute atomic E-state index is 12.8. The van der Waals surface area contributed by atoms with Crippen LogP contribution in [0.3, 0.4) is 0 Å². The number of para-hydroxylation sites is 2. The highest BCUT2D eigenvalue weighted by molar-refractivity contribution is 5.79. The number of piperidine rings is 1. The fourth-order valence-electron chi connectivity index (χ4n) is 4.24. The second-order valence-electron chi connectivity index (χ2n) is 7.94. The third-order valence-electron chi connectivity index (χ3n) is 5.97. The molecule has 1 aliphatic carbocycles. The highest BCUT2D eigenvalue weighted by Gasteiger charge is 2.34. The van der Waals surface area contributed by atoms with E-state index in [0.717, 1.165) is 31.5 Å². The minimum Gasteiger partial charge on any atom is -0.408 e. The van der Waals surface area contributed by atoms with Gasteiger partial charge in [-0.1, -0.05) is 12.1 Å². The first kappa shape index (κ1) is 18.0. The number of aromatic nitrogens is 4. The van der Waals surface area contributed by atoms with Gasteiger partial charge in [-0.2, -0.15) is 5.10 Å². The number of carbonyl (C=O) groups is 1. The van der Waals surface area contributed by atoms with Crippen molar-refractivity contribution in [3.05, 3.63) is 51.1 Å². The number of carbonyl (C=O) groups excluding carboxylic acids is 1. The topological polar surface area (TPSA) is 95.3 Å². The smallest absolute Gasteiger partial charge is 0.408 e. The molecule has 0 N–H and O–H groups in total. The Morgan fingerprint density at radius 2 is 1.86 bits per heavy atom. The lowest BCUT2D eigenvalue weighted by Gasteiger charge is -2.31. The van der Waals surface area contributed by atoms with Gasteiger partial charge >= 0.3 is 11.4 Å². The number of fused-ring (bicyclic) bond motifs is 1. The standard InChI is InChI=1S/C20H23N5O4/c1-22-19(27)25(14-6-7-14)18(21-22)13-8-10-23(11-9-13)17(26)12-24-15-4-2-3-5-16(15)29-20(24)28/h2-5,13-14H,6-12H2,1H3. The molecule has 9 nitrogen and oxygen atoms in total. The van der Waals surface area contributed by atoms with Gasteiger partial charge in [0, 0.05) is 32.1 Å². The summed E-state index contributed by atoms with van der Waals surface area (Å²) in [4.78, 5) is 39.1. The van der Waals surface area contributed by atoms with Gasteiger partial charge in [0.05, 0.1) is 5.52 Å². The van der Waals surface area contributed by atoms with Crippen LogP contribution in [0.15, 0.2) is 38.3 Å². The van der Waals surface area contributed by atoms with Crippen LogP contribution in [0.2, 0.25) is 0 Å². The summed E-state index contributed by atoms with van der Waals surface area (Å²) in [5, 5.41) is 4.48. The number of oxazole rings is 1. The Morgan fingerprint density at radius 3 is 2.59 bits per heavy atom. The zero-order chi connectivity index (χ0) is 20.1. The van der Waals surface area contributed by atoms with E-state index in [1.54, 1.807) is 30.1 Å². The van der Waals surface area contributed by atoms with E-state index in [1.807, 2.05) is 10.6 Å². The zero-order valence-electron chi connectivity index (χ0n) is 16.3. The molecular weight excluding hydrogens is 374 g/mol. The summed E-state index contributed by atoms with van der Waals surface area (Å²) in [7, 11) is 1.69. The molecular formula is C20H23N5O4. The lowest BCUT2D eigenvalue weighted by atomic mass is 9.95. The third kappa shape index (κ3) is 3.10. The van der Waals surface area contributed by atoms with Crippen molar-refractivity contribution in [3.63, 3.8) is 0 Å². The minimum absolute atomic E-state index is 0.0309. The molecule has 0 spiro atoms. The van der Waals surface area contributed by atoms with Crippen molar-refractivity contribution >= 4 is 17.0 Å². The molecule has 5 rings (SSSR count). The zero-order valence-corrected chi connectivity index (χ0v) is 16.3. The van der Waals surface area contributed by atoms with E-state index < -0.39 is 5.76 Å². The number of nitrogens with zero attached hydrogens (tertiary/aromatic N) is 5. The minimum atomic E-state index is -0.517. The van der Waals surface area contributed by atoms with Crippen LogP contribution in [-0.4, -0.2) is 42.8 Å². The summed E-state index contributed by atoms with van der Waals surface area (Å²) in [6, 6.07) is 7.39. The molecule has 3 heterocycles. The highest BCUT2D eigenvalue weighted by atomic mass is 16.4. The van der Waals surface area contributed by atoms with Crippen molar-refractivity contribution in [2.45, 2.75) is 44.2 Å². The van der Waals surface area contributed by atoms with Gasteiger partial charge in [0.15, 0.2) is 5.58 Å². The number of rotatable bonds is 4. The Morgan fingerprint density at radius 1 is 1.14 bits per heavy atom. The van der Waals surface area contributed by atoms with Gasteiger partial charge in [-0.3, -0.25) is 13.9 Å². The molecule has 1 aromatic carbocycles. The second kappa shape index (κ2) is 6.75. The van der Waals surface area contributed by atoms with E-state index >= 15 is 0 Å². The second-order valence-corrected chi connectivity index (χ2v) is 7.94. The van der Waals surface area contributed by atoms with Gasteiger partial charge in [-0.05, 0) is 37.8 Å². The summed E-state index contributed by atoms with van der Waals surface area (Å²) >= 11 is 0. The summed E-state index contributed by atoms with van der Waals surface area (Å²) < 4.78 is 9.86. The summed E-state index contributed by atoms with van der Waals surface area (Å²) in [6.45, 7) is 1.14. The molecule has 0 atom stereocenters. The Balaban J connectivity index is 1.29. The molecule has 29 heavy (non-hydrogen) atoms. The number of likely N-dealkylation sites (tertiary alicyclic amines) is 1. The largest absolute Gasteiger partial charge is 0.420 e. The molecule has 1 aliphatic heterocycles. The van der Waals surface area contributed by atoms with Crippen LogP contribution in [0.25, 0.3) is 11.1 Å². The predicted octanol–water partition coefficient (Wildman–Crippen LogP) is 1.23. The van der Waals surface area contributed by atoms with Gasteiger partial charge < -0.3 is 9.32 Å². The molecule has 0 bridgehead atoms. The molecule has 9 heteroatoms. The first-order valence-corrected chi connectivity index (χ1v) is 10.0.